The molecule has 1 aliphatic rings. The highest BCUT2D eigenvalue weighted by Crippen LogP contribution is 2.26. The summed E-state index contributed by atoms with van der Waals surface area (Å²) in [5, 5.41) is 18.1. The highest BCUT2D eigenvalue weighted by atomic mass is 16.3. The predicted octanol–water partition coefficient (Wildman–Crippen LogP) is 2.54. The Hall–Kier alpha value is -2.21. The lowest BCUT2D eigenvalue weighted by molar-refractivity contribution is 0.0703. The summed E-state index contributed by atoms with van der Waals surface area (Å²) in [5.74, 6) is 1.25. The molecule has 6 nitrogen and oxygen atoms in total. The number of carbonyl (C=O) groups excluding carboxylic acids is 1. The van der Waals surface area contributed by atoms with Crippen LogP contribution in [0, 0.1) is 0 Å². The standard InChI is InChI=1S/C20H28N4O2/c1-20(2,26)10-9-15-6-4-7-16(12-15)19(25)24-11-5-8-17(13-24)18-22-21-14-23(18)3/h4,6-7,12,14,17,26H,5,8-11,13H2,1-3H3/t17-/m0/s1. The van der Waals surface area contributed by atoms with E-state index in [0.29, 0.717) is 13.0 Å². The van der Waals surface area contributed by atoms with Crippen molar-refractivity contribution in [1.82, 2.24) is 19.7 Å². The van der Waals surface area contributed by atoms with Crippen molar-refractivity contribution in [2.45, 2.75) is 51.0 Å². The Morgan fingerprint density at radius 1 is 1.38 bits per heavy atom. The van der Waals surface area contributed by atoms with E-state index in [-0.39, 0.29) is 11.8 Å². The first-order valence-electron chi connectivity index (χ1n) is 9.28. The van der Waals surface area contributed by atoms with Gasteiger partial charge in [0.25, 0.3) is 5.91 Å². The molecule has 1 saturated heterocycles. The lowest BCUT2D eigenvalue weighted by Gasteiger charge is -2.32. The monoisotopic (exact) mass is 356 g/mol. The van der Waals surface area contributed by atoms with E-state index in [1.54, 1.807) is 6.33 Å². The first kappa shape index (κ1) is 18.6. The number of nitrogens with zero attached hydrogens (tertiary/aromatic N) is 4. The van der Waals surface area contributed by atoms with E-state index < -0.39 is 5.60 Å². The Labute approximate surface area is 154 Å². The summed E-state index contributed by atoms with van der Waals surface area (Å²) in [6, 6.07) is 7.78. The molecule has 1 aliphatic heterocycles. The molecule has 0 saturated carbocycles. The number of aliphatic hydroxyl groups is 1. The molecule has 1 aromatic carbocycles. The Morgan fingerprint density at radius 2 is 2.19 bits per heavy atom. The molecule has 6 heteroatoms. The Bertz CT molecular complexity index is 763. The number of likely N-dealkylation sites (tertiary alicyclic amines) is 1. The molecule has 3 rings (SSSR count). The number of aromatic nitrogens is 3. The van der Waals surface area contributed by atoms with Crippen molar-refractivity contribution in [3.05, 3.63) is 47.5 Å². The van der Waals surface area contributed by atoms with Crippen molar-refractivity contribution in [3.63, 3.8) is 0 Å². The van der Waals surface area contributed by atoms with Gasteiger partial charge in [0, 0.05) is 31.6 Å². The van der Waals surface area contributed by atoms with Crippen molar-refractivity contribution in [1.29, 1.82) is 0 Å². The summed E-state index contributed by atoms with van der Waals surface area (Å²) in [5.41, 5.74) is 1.10. The van der Waals surface area contributed by atoms with Gasteiger partial charge >= 0.3 is 0 Å². The molecule has 1 N–H and O–H groups in total. The minimum atomic E-state index is -0.698. The average Bonchev–Trinajstić information content (AvgIpc) is 3.05. The Balaban J connectivity index is 1.69. The number of amides is 1. The maximum absolute atomic E-state index is 13.0. The van der Waals surface area contributed by atoms with E-state index in [0.717, 1.165) is 42.8 Å². The van der Waals surface area contributed by atoms with Crippen LogP contribution in [-0.4, -0.2) is 49.4 Å². The molecule has 0 radical (unpaired) electrons. The lowest BCUT2D eigenvalue weighted by Crippen LogP contribution is -2.39. The van der Waals surface area contributed by atoms with E-state index in [4.69, 9.17) is 0 Å². The summed E-state index contributed by atoms with van der Waals surface area (Å²) in [7, 11) is 1.95. The highest BCUT2D eigenvalue weighted by molar-refractivity contribution is 5.94. The lowest BCUT2D eigenvalue weighted by atomic mass is 9.95. The SMILES string of the molecule is Cn1cnnc1[C@H]1CCCN(C(=O)c2cccc(CCC(C)(C)O)c2)C1. The van der Waals surface area contributed by atoms with Gasteiger partial charge in [-0.15, -0.1) is 10.2 Å². The van der Waals surface area contributed by atoms with E-state index in [2.05, 4.69) is 10.2 Å². The van der Waals surface area contributed by atoms with Crippen LogP contribution in [-0.2, 0) is 13.5 Å². The summed E-state index contributed by atoms with van der Waals surface area (Å²) >= 11 is 0. The van der Waals surface area contributed by atoms with Crippen molar-refractivity contribution in [2.24, 2.45) is 7.05 Å². The van der Waals surface area contributed by atoms with Crippen LogP contribution in [0.2, 0.25) is 0 Å². The third-order valence-electron chi connectivity index (χ3n) is 5.02. The number of hydrogen-bond donors (Lipinski definition) is 1. The molecule has 1 fully saturated rings. The smallest absolute Gasteiger partial charge is 0.253 e. The van der Waals surface area contributed by atoms with Crippen molar-refractivity contribution in [3.8, 4) is 0 Å². The summed E-state index contributed by atoms with van der Waals surface area (Å²) in [4.78, 5) is 14.9. The molecule has 26 heavy (non-hydrogen) atoms. The van der Waals surface area contributed by atoms with E-state index in [1.165, 1.54) is 0 Å². The first-order valence-corrected chi connectivity index (χ1v) is 9.28. The van der Waals surface area contributed by atoms with Gasteiger partial charge in [0.15, 0.2) is 0 Å². The molecule has 0 bridgehead atoms. The second-order valence-electron chi connectivity index (χ2n) is 7.90. The number of benzene rings is 1. The predicted molar refractivity (Wildman–Crippen MR) is 99.9 cm³/mol. The quantitative estimate of drug-likeness (QED) is 0.894. The van der Waals surface area contributed by atoms with Gasteiger partial charge in [-0.3, -0.25) is 4.79 Å². The second kappa shape index (κ2) is 7.58. The molecule has 2 aromatic rings. The maximum atomic E-state index is 13.0. The van der Waals surface area contributed by atoms with Gasteiger partial charge in [-0.25, -0.2) is 0 Å². The van der Waals surface area contributed by atoms with Crippen molar-refractivity contribution in [2.75, 3.05) is 13.1 Å². The first-order chi connectivity index (χ1) is 12.3. The van der Waals surface area contributed by atoms with Gasteiger partial charge in [-0.2, -0.15) is 0 Å². The van der Waals surface area contributed by atoms with Crippen molar-refractivity contribution < 1.29 is 9.90 Å². The van der Waals surface area contributed by atoms with Gasteiger partial charge < -0.3 is 14.6 Å². The molecular formula is C20H28N4O2. The fourth-order valence-electron chi connectivity index (χ4n) is 3.53. The molecule has 1 amide bonds. The van der Waals surface area contributed by atoms with E-state index in [9.17, 15) is 9.90 Å². The molecular weight excluding hydrogens is 328 g/mol. The Kier molecular flexibility index (Phi) is 5.41. The number of hydrogen-bond acceptors (Lipinski definition) is 4. The van der Waals surface area contributed by atoms with E-state index >= 15 is 0 Å². The fourth-order valence-corrected chi connectivity index (χ4v) is 3.53. The van der Waals surface area contributed by atoms with Gasteiger partial charge in [-0.1, -0.05) is 12.1 Å². The van der Waals surface area contributed by atoms with Crippen LogP contribution in [0.1, 0.15) is 60.8 Å². The molecule has 0 unspecified atom stereocenters. The zero-order valence-corrected chi connectivity index (χ0v) is 15.9. The van der Waals surface area contributed by atoms with Gasteiger partial charge in [0.1, 0.15) is 12.2 Å². The van der Waals surface area contributed by atoms with Crippen LogP contribution >= 0.6 is 0 Å². The van der Waals surface area contributed by atoms with Crippen LogP contribution < -0.4 is 0 Å². The molecule has 0 aliphatic carbocycles. The number of carbonyl (C=O) groups is 1. The molecule has 2 heterocycles. The zero-order valence-electron chi connectivity index (χ0n) is 15.9. The summed E-state index contributed by atoms with van der Waals surface area (Å²) < 4.78 is 1.94. The maximum Gasteiger partial charge on any atom is 0.253 e. The van der Waals surface area contributed by atoms with Crippen LogP contribution in [0.4, 0.5) is 0 Å². The van der Waals surface area contributed by atoms with Crippen LogP contribution in [0.5, 0.6) is 0 Å². The summed E-state index contributed by atoms with van der Waals surface area (Å²) in [6.45, 7) is 5.07. The Morgan fingerprint density at radius 3 is 2.88 bits per heavy atom. The average molecular weight is 356 g/mol. The molecule has 1 atom stereocenters. The second-order valence-corrected chi connectivity index (χ2v) is 7.90. The van der Waals surface area contributed by atoms with Gasteiger partial charge in [0.2, 0.25) is 0 Å². The van der Waals surface area contributed by atoms with Crippen molar-refractivity contribution >= 4 is 5.91 Å². The molecule has 140 valence electrons. The minimum Gasteiger partial charge on any atom is -0.390 e. The topological polar surface area (TPSA) is 71.2 Å². The third kappa shape index (κ3) is 4.49. The number of rotatable bonds is 5. The van der Waals surface area contributed by atoms with Gasteiger partial charge in [0.05, 0.1) is 5.60 Å². The van der Waals surface area contributed by atoms with Crippen LogP contribution in [0.15, 0.2) is 30.6 Å². The third-order valence-corrected chi connectivity index (χ3v) is 5.02. The number of piperidine rings is 1. The highest BCUT2D eigenvalue weighted by Gasteiger charge is 2.28. The summed E-state index contributed by atoms with van der Waals surface area (Å²) in [6.07, 6.45) is 5.14. The fraction of sp³-hybridized carbons (Fsp3) is 0.550. The van der Waals surface area contributed by atoms with E-state index in [1.807, 2.05) is 54.6 Å². The van der Waals surface area contributed by atoms with Gasteiger partial charge in [-0.05, 0) is 57.2 Å². The normalized spacial score (nSPS) is 18.2. The van der Waals surface area contributed by atoms with Crippen LogP contribution in [0.25, 0.3) is 0 Å². The molecule has 1 aromatic heterocycles. The minimum absolute atomic E-state index is 0.0713. The van der Waals surface area contributed by atoms with Crippen LogP contribution in [0.3, 0.4) is 0 Å². The zero-order chi connectivity index (χ0) is 18.7. The largest absolute Gasteiger partial charge is 0.390 e. The number of aryl methyl sites for hydroxylation is 2. The molecule has 0 spiro atoms.